The number of carbonyl (C=O) groups is 1. The molecule has 152 valence electrons. The number of hydrogen-bond acceptors (Lipinski definition) is 8. The van der Waals surface area contributed by atoms with Crippen LogP contribution >= 0.6 is 0 Å². The van der Waals surface area contributed by atoms with Crippen LogP contribution in [0.15, 0.2) is 50.8 Å². The summed E-state index contributed by atoms with van der Waals surface area (Å²) in [5.41, 5.74) is 4.62. The Labute approximate surface area is 169 Å². The fourth-order valence-corrected chi connectivity index (χ4v) is 3.02. The molecule has 30 heavy (non-hydrogen) atoms. The maximum atomic E-state index is 12.6. The van der Waals surface area contributed by atoms with Crippen molar-refractivity contribution in [2.45, 2.75) is 6.92 Å². The van der Waals surface area contributed by atoms with Crippen molar-refractivity contribution < 1.29 is 18.7 Å². The highest BCUT2D eigenvalue weighted by molar-refractivity contribution is 5.98. The molecule has 0 saturated heterocycles. The summed E-state index contributed by atoms with van der Waals surface area (Å²) in [4.78, 5) is 32.8. The Bertz CT molecular complexity index is 1360. The SMILES string of the molecule is COc1ncc(/C=N/NC(=O)c2ccc3c(=O)oc4ccc(C)n4c3c2)c(OC)n1. The molecule has 0 aliphatic heterocycles. The molecule has 4 aromatic rings. The molecule has 10 nitrogen and oxygen atoms in total. The number of hydrogen-bond donors (Lipinski definition) is 1. The van der Waals surface area contributed by atoms with Crippen molar-refractivity contribution in [2.75, 3.05) is 14.2 Å². The standard InChI is InChI=1S/C20H17N5O5/c1-11-4-7-16-25(11)15-8-12(5-6-14(15)19(27)30-16)17(26)24-22-10-13-9-21-20(29-3)23-18(13)28-2/h4-10H,1-3H3,(H,24,26)/b22-10+. The average Bonchev–Trinajstić information content (AvgIpc) is 3.14. The van der Waals surface area contributed by atoms with Crippen LogP contribution in [0, 0.1) is 6.92 Å². The summed E-state index contributed by atoms with van der Waals surface area (Å²) in [6.07, 6.45) is 2.82. The lowest BCUT2D eigenvalue weighted by Gasteiger charge is -2.06. The van der Waals surface area contributed by atoms with E-state index >= 15 is 0 Å². The molecule has 0 spiro atoms. The first kappa shape index (κ1) is 19.1. The Morgan fingerprint density at radius 1 is 1.23 bits per heavy atom. The summed E-state index contributed by atoms with van der Waals surface area (Å²) >= 11 is 0. The number of methoxy groups -OCH3 is 2. The van der Waals surface area contributed by atoms with Gasteiger partial charge in [-0.25, -0.2) is 15.2 Å². The van der Waals surface area contributed by atoms with E-state index in [9.17, 15) is 9.59 Å². The van der Waals surface area contributed by atoms with Crippen molar-refractivity contribution >= 4 is 28.7 Å². The third kappa shape index (κ3) is 3.34. The van der Waals surface area contributed by atoms with Gasteiger partial charge in [0.25, 0.3) is 5.91 Å². The molecule has 0 fully saturated rings. The Kier molecular flexibility index (Phi) is 4.88. The Morgan fingerprint density at radius 2 is 2.07 bits per heavy atom. The lowest BCUT2D eigenvalue weighted by Crippen LogP contribution is -2.18. The number of benzene rings is 1. The maximum absolute atomic E-state index is 12.6. The highest BCUT2D eigenvalue weighted by atomic mass is 16.5. The average molecular weight is 407 g/mol. The molecule has 0 atom stereocenters. The maximum Gasteiger partial charge on any atom is 0.346 e. The van der Waals surface area contributed by atoms with E-state index in [4.69, 9.17) is 13.9 Å². The summed E-state index contributed by atoms with van der Waals surface area (Å²) in [6, 6.07) is 8.40. The quantitative estimate of drug-likeness (QED) is 0.396. The number of aryl methyl sites for hydroxylation is 1. The van der Waals surface area contributed by atoms with Crippen LogP contribution in [0.1, 0.15) is 21.6 Å². The molecule has 0 aliphatic carbocycles. The number of amides is 1. The van der Waals surface area contributed by atoms with Gasteiger partial charge in [0.1, 0.15) is 0 Å². The summed E-state index contributed by atoms with van der Waals surface area (Å²) in [7, 11) is 2.90. The Balaban J connectivity index is 1.62. The van der Waals surface area contributed by atoms with Crippen molar-refractivity contribution in [2.24, 2.45) is 5.10 Å². The number of nitrogens with one attached hydrogen (secondary N) is 1. The Hall–Kier alpha value is -4.21. The smallest absolute Gasteiger partial charge is 0.346 e. The molecule has 0 unspecified atom stereocenters. The van der Waals surface area contributed by atoms with Crippen molar-refractivity contribution in [3.05, 3.63) is 63.8 Å². The van der Waals surface area contributed by atoms with E-state index in [1.807, 2.05) is 13.0 Å². The summed E-state index contributed by atoms with van der Waals surface area (Å²) in [5.74, 6) is -0.199. The first-order valence-corrected chi connectivity index (χ1v) is 8.85. The first-order chi connectivity index (χ1) is 14.5. The summed E-state index contributed by atoms with van der Waals surface area (Å²) in [6.45, 7) is 1.88. The van der Waals surface area contributed by atoms with Gasteiger partial charge in [0.15, 0.2) is 0 Å². The molecule has 4 rings (SSSR count). The minimum Gasteiger partial charge on any atom is -0.480 e. The molecular formula is C20H17N5O5. The highest BCUT2D eigenvalue weighted by Crippen LogP contribution is 2.19. The monoisotopic (exact) mass is 407 g/mol. The first-order valence-electron chi connectivity index (χ1n) is 8.85. The predicted molar refractivity (Wildman–Crippen MR) is 108 cm³/mol. The topological polar surface area (TPSA) is 120 Å². The van der Waals surface area contributed by atoms with E-state index in [1.54, 1.807) is 22.6 Å². The van der Waals surface area contributed by atoms with Gasteiger partial charge >= 0.3 is 11.6 Å². The second kappa shape index (κ2) is 7.66. The molecule has 3 heterocycles. The summed E-state index contributed by atoms with van der Waals surface area (Å²) < 4.78 is 17.2. The van der Waals surface area contributed by atoms with Gasteiger partial charge in [-0.1, -0.05) is 0 Å². The number of nitrogens with zero attached hydrogens (tertiary/aromatic N) is 4. The van der Waals surface area contributed by atoms with E-state index in [0.717, 1.165) is 5.69 Å². The largest absolute Gasteiger partial charge is 0.480 e. The van der Waals surface area contributed by atoms with Crippen molar-refractivity contribution in [3.8, 4) is 11.9 Å². The van der Waals surface area contributed by atoms with Crippen LogP contribution in [0.2, 0.25) is 0 Å². The number of aromatic nitrogens is 3. The number of rotatable bonds is 5. The van der Waals surface area contributed by atoms with Gasteiger partial charge in [0.2, 0.25) is 11.6 Å². The normalized spacial score (nSPS) is 11.3. The second-order valence-corrected chi connectivity index (χ2v) is 6.29. The number of fused-ring (bicyclic) bond motifs is 3. The van der Waals surface area contributed by atoms with Crippen LogP contribution in [0.5, 0.6) is 11.9 Å². The minimum atomic E-state index is -0.466. The Morgan fingerprint density at radius 3 is 2.83 bits per heavy atom. The van der Waals surface area contributed by atoms with E-state index in [-0.39, 0.29) is 11.9 Å². The number of carbonyl (C=O) groups excluding carboxylic acids is 1. The third-order valence-electron chi connectivity index (χ3n) is 4.46. The van der Waals surface area contributed by atoms with E-state index in [1.165, 1.54) is 32.7 Å². The van der Waals surface area contributed by atoms with E-state index in [0.29, 0.717) is 27.7 Å². The van der Waals surface area contributed by atoms with Crippen LogP contribution in [-0.4, -0.2) is 40.7 Å². The highest BCUT2D eigenvalue weighted by Gasteiger charge is 2.13. The van der Waals surface area contributed by atoms with E-state index < -0.39 is 11.5 Å². The van der Waals surface area contributed by atoms with Gasteiger partial charge in [0.05, 0.1) is 36.9 Å². The van der Waals surface area contributed by atoms with Crippen molar-refractivity contribution in [1.82, 2.24) is 19.8 Å². The van der Waals surface area contributed by atoms with Crippen LogP contribution in [-0.2, 0) is 0 Å². The second-order valence-electron chi connectivity index (χ2n) is 6.29. The fraction of sp³-hybridized carbons (Fsp3) is 0.150. The van der Waals surface area contributed by atoms with Gasteiger partial charge in [-0.3, -0.25) is 9.20 Å². The van der Waals surface area contributed by atoms with Gasteiger partial charge in [-0.15, -0.1) is 0 Å². The molecular weight excluding hydrogens is 390 g/mol. The zero-order chi connectivity index (χ0) is 21.3. The van der Waals surface area contributed by atoms with Crippen molar-refractivity contribution in [3.63, 3.8) is 0 Å². The molecule has 1 amide bonds. The lowest BCUT2D eigenvalue weighted by molar-refractivity contribution is 0.0955. The van der Waals surface area contributed by atoms with Gasteiger partial charge in [0, 0.05) is 23.5 Å². The van der Waals surface area contributed by atoms with Gasteiger partial charge in [-0.2, -0.15) is 10.1 Å². The molecule has 3 aromatic heterocycles. The zero-order valence-corrected chi connectivity index (χ0v) is 16.4. The third-order valence-corrected chi connectivity index (χ3v) is 4.46. The molecule has 10 heteroatoms. The fourth-order valence-electron chi connectivity index (χ4n) is 3.02. The van der Waals surface area contributed by atoms with Crippen molar-refractivity contribution in [1.29, 1.82) is 0 Å². The molecule has 0 saturated carbocycles. The van der Waals surface area contributed by atoms with Crippen LogP contribution in [0.25, 0.3) is 16.6 Å². The zero-order valence-electron chi connectivity index (χ0n) is 16.4. The molecule has 0 bridgehead atoms. The van der Waals surface area contributed by atoms with Crippen LogP contribution in [0.3, 0.4) is 0 Å². The molecule has 1 aromatic carbocycles. The number of hydrazone groups is 1. The van der Waals surface area contributed by atoms with Gasteiger partial charge in [-0.05, 0) is 31.2 Å². The van der Waals surface area contributed by atoms with Crippen LogP contribution in [0.4, 0.5) is 0 Å². The lowest BCUT2D eigenvalue weighted by atomic mass is 10.1. The summed E-state index contributed by atoms with van der Waals surface area (Å²) in [5, 5.41) is 4.31. The van der Waals surface area contributed by atoms with Gasteiger partial charge < -0.3 is 13.9 Å². The predicted octanol–water partition coefficient (Wildman–Crippen LogP) is 1.93. The molecule has 0 aliphatic rings. The molecule has 0 radical (unpaired) electrons. The molecule has 1 N–H and O–H groups in total. The van der Waals surface area contributed by atoms with E-state index in [2.05, 4.69) is 20.5 Å². The van der Waals surface area contributed by atoms with Crippen LogP contribution < -0.4 is 20.5 Å². The number of ether oxygens (including phenoxy) is 2. The minimum absolute atomic E-state index is 0.153.